The number of carbonyl (C=O) groups is 1. The summed E-state index contributed by atoms with van der Waals surface area (Å²) in [5.74, 6) is -0.180. The molecule has 15 heavy (non-hydrogen) atoms. The van der Waals surface area contributed by atoms with E-state index in [1.807, 2.05) is 6.92 Å². The van der Waals surface area contributed by atoms with Crippen LogP contribution in [0.2, 0.25) is 0 Å². The summed E-state index contributed by atoms with van der Waals surface area (Å²) in [4.78, 5) is 11.3. The lowest BCUT2D eigenvalue weighted by atomic mass is 10.2. The molecule has 0 bridgehead atoms. The maximum atomic E-state index is 11.3. The number of phenols is 1. The van der Waals surface area contributed by atoms with Crippen molar-refractivity contribution in [2.24, 2.45) is 0 Å². The minimum absolute atomic E-state index is 0.0733. The normalized spacial score (nSPS) is 9.93. The second-order valence-corrected chi connectivity index (χ2v) is 3.27. The van der Waals surface area contributed by atoms with Crippen LogP contribution in [0.4, 0.5) is 5.69 Å². The molecule has 0 aliphatic carbocycles. The molecular weight excluding hydrogens is 194 g/mol. The third kappa shape index (κ3) is 3.16. The fraction of sp³-hybridized carbons (Fsp3) is 0.364. The lowest BCUT2D eigenvalue weighted by Gasteiger charge is -2.07. The van der Waals surface area contributed by atoms with Crippen molar-refractivity contribution in [3.8, 4) is 11.5 Å². The van der Waals surface area contributed by atoms with E-state index < -0.39 is 0 Å². The van der Waals surface area contributed by atoms with E-state index in [9.17, 15) is 9.90 Å². The molecule has 0 fully saturated rings. The van der Waals surface area contributed by atoms with Crippen LogP contribution in [0, 0.1) is 0 Å². The van der Waals surface area contributed by atoms with Crippen LogP contribution in [0.3, 0.4) is 0 Å². The Morgan fingerprint density at radius 1 is 1.53 bits per heavy atom. The molecule has 0 radical (unpaired) electrons. The van der Waals surface area contributed by atoms with Crippen LogP contribution in [0.1, 0.15) is 26.2 Å². The number of esters is 1. The summed E-state index contributed by atoms with van der Waals surface area (Å²) >= 11 is 0. The number of unbranched alkanes of at least 4 members (excludes halogenated alkanes) is 1. The molecule has 1 aromatic carbocycles. The van der Waals surface area contributed by atoms with E-state index in [1.54, 1.807) is 12.1 Å². The molecule has 0 saturated carbocycles. The van der Waals surface area contributed by atoms with E-state index >= 15 is 0 Å². The number of hydrogen-bond acceptors (Lipinski definition) is 4. The number of benzene rings is 1. The van der Waals surface area contributed by atoms with Gasteiger partial charge in [0.1, 0.15) is 11.4 Å². The Hall–Kier alpha value is -1.71. The number of rotatable bonds is 4. The highest BCUT2D eigenvalue weighted by Gasteiger charge is 2.09. The number of anilines is 1. The summed E-state index contributed by atoms with van der Waals surface area (Å²) in [6.45, 7) is 2.00. The van der Waals surface area contributed by atoms with Crippen molar-refractivity contribution < 1.29 is 14.6 Å². The SMILES string of the molecule is CCCCC(=O)Oc1cccc(O)c1N. The molecule has 0 saturated heterocycles. The number of carbonyl (C=O) groups excluding carboxylic acids is 1. The first-order valence-electron chi connectivity index (χ1n) is 4.93. The molecule has 0 aliphatic heterocycles. The summed E-state index contributed by atoms with van der Waals surface area (Å²) in [6.07, 6.45) is 2.09. The number of aromatic hydroxyl groups is 1. The van der Waals surface area contributed by atoms with Gasteiger partial charge in [0.25, 0.3) is 0 Å². The van der Waals surface area contributed by atoms with Gasteiger partial charge in [-0.3, -0.25) is 4.79 Å². The quantitative estimate of drug-likeness (QED) is 0.344. The van der Waals surface area contributed by atoms with Crippen molar-refractivity contribution >= 4 is 11.7 Å². The summed E-state index contributed by atoms with van der Waals surface area (Å²) < 4.78 is 5.00. The highest BCUT2D eigenvalue weighted by Crippen LogP contribution is 2.30. The first-order chi connectivity index (χ1) is 7.15. The number of hydrogen-bond donors (Lipinski definition) is 2. The molecule has 1 rings (SSSR count). The lowest BCUT2D eigenvalue weighted by molar-refractivity contribution is -0.134. The van der Waals surface area contributed by atoms with Crippen molar-refractivity contribution in [1.82, 2.24) is 0 Å². The van der Waals surface area contributed by atoms with E-state index in [1.165, 1.54) is 6.07 Å². The Balaban J connectivity index is 2.64. The number of nitrogens with two attached hydrogens (primary N) is 1. The molecule has 0 atom stereocenters. The average molecular weight is 209 g/mol. The van der Waals surface area contributed by atoms with Crippen molar-refractivity contribution in [2.45, 2.75) is 26.2 Å². The minimum Gasteiger partial charge on any atom is -0.506 e. The second-order valence-electron chi connectivity index (χ2n) is 3.27. The molecule has 0 aromatic heterocycles. The predicted octanol–water partition coefficient (Wildman–Crippen LogP) is 2.07. The fourth-order valence-corrected chi connectivity index (χ4v) is 1.12. The molecule has 82 valence electrons. The van der Waals surface area contributed by atoms with Gasteiger partial charge in [-0.2, -0.15) is 0 Å². The third-order valence-corrected chi connectivity index (χ3v) is 2.00. The lowest BCUT2D eigenvalue weighted by Crippen LogP contribution is -2.08. The topological polar surface area (TPSA) is 72.5 Å². The Morgan fingerprint density at radius 2 is 2.27 bits per heavy atom. The van der Waals surface area contributed by atoms with Crippen LogP contribution in [0.25, 0.3) is 0 Å². The van der Waals surface area contributed by atoms with Gasteiger partial charge in [0, 0.05) is 6.42 Å². The zero-order valence-corrected chi connectivity index (χ0v) is 8.69. The van der Waals surface area contributed by atoms with Gasteiger partial charge in [0.15, 0.2) is 5.75 Å². The van der Waals surface area contributed by atoms with Crippen molar-refractivity contribution in [3.05, 3.63) is 18.2 Å². The number of para-hydroxylation sites is 1. The summed E-state index contributed by atoms with van der Waals surface area (Å²) in [7, 11) is 0. The molecule has 4 heteroatoms. The predicted molar refractivity (Wildman–Crippen MR) is 57.7 cm³/mol. The van der Waals surface area contributed by atoms with Gasteiger partial charge in [-0.1, -0.05) is 19.4 Å². The van der Waals surface area contributed by atoms with Gasteiger partial charge >= 0.3 is 5.97 Å². The molecule has 0 heterocycles. The Labute approximate surface area is 88.7 Å². The van der Waals surface area contributed by atoms with Crippen molar-refractivity contribution in [3.63, 3.8) is 0 Å². The largest absolute Gasteiger partial charge is 0.506 e. The Kier molecular flexibility index (Phi) is 3.97. The molecule has 0 unspecified atom stereocenters. The summed E-state index contributed by atoms with van der Waals surface area (Å²) in [5.41, 5.74) is 5.63. The molecular formula is C11H15NO3. The highest BCUT2D eigenvalue weighted by molar-refractivity contribution is 5.75. The highest BCUT2D eigenvalue weighted by atomic mass is 16.5. The maximum Gasteiger partial charge on any atom is 0.311 e. The molecule has 0 aliphatic rings. The summed E-state index contributed by atoms with van der Waals surface area (Å²) in [6, 6.07) is 4.58. The standard InChI is InChI=1S/C11H15NO3/c1-2-3-7-10(14)15-9-6-4-5-8(13)11(9)12/h4-6,13H,2-3,7,12H2,1H3. The smallest absolute Gasteiger partial charge is 0.311 e. The number of phenolic OH excluding ortho intramolecular Hbond substituents is 1. The van der Waals surface area contributed by atoms with Gasteiger partial charge < -0.3 is 15.6 Å². The van der Waals surface area contributed by atoms with E-state index in [4.69, 9.17) is 10.5 Å². The molecule has 3 N–H and O–H groups in total. The van der Waals surface area contributed by atoms with Crippen LogP contribution >= 0.6 is 0 Å². The molecule has 4 nitrogen and oxygen atoms in total. The summed E-state index contributed by atoms with van der Waals surface area (Å²) in [5, 5.41) is 9.27. The van der Waals surface area contributed by atoms with Crippen molar-refractivity contribution in [2.75, 3.05) is 5.73 Å². The van der Waals surface area contributed by atoms with Gasteiger partial charge in [-0.05, 0) is 18.6 Å². The maximum absolute atomic E-state index is 11.3. The number of nitrogen functional groups attached to an aromatic ring is 1. The Bertz CT molecular complexity index is 350. The van der Waals surface area contributed by atoms with Crippen LogP contribution in [-0.2, 0) is 4.79 Å². The van der Waals surface area contributed by atoms with E-state index in [-0.39, 0.29) is 23.2 Å². The monoisotopic (exact) mass is 209 g/mol. The third-order valence-electron chi connectivity index (χ3n) is 2.00. The first-order valence-corrected chi connectivity index (χ1v) is 4.93. The van der Waals surface area contributed by atoms with Gasteiger partial charge in [0.05, 0.1) is 0 Å². The van der Waals surface area contributed by atoms with E-state index in [0.29, 0.717) is 6.42 Å². The van der Waals surface area contributed by atoms with Crippen LogP contribution < -0.4 is 10.5 Å². The number of ether oxygens (including phenoxy) is 1. The first kappa shape index (κ1) is 11.4. The fourth-order valence-electron chi connectivity index (χ4n) is 1.12. The zero-order chi connectivity index (χ0) is 11.3. The van der Waals surface area contributed by atoms with Crippen LogP contribution in [0.15, 0.2) is 18.2 Å². The van der Waals surface area contributed by atoms with Crippen molar-refractivity contribution in [1.29, 1.82) is 0 Å². The molecule has 1 aromatic rings. The molecule has 0 amide bonds. The average Bonchev–Trinajstić information content (AvgIpc) is 2.22. The van der Waals surface area contributed by atoms with Crippen LogP contribution in [-0.4, -0.2) is 11.1 Å². The van der Waals surface area contributed by atoms with E-state index in [0.717, 1.165) is 12.8 Å². The van der Waals surface area contributed by atoms with Gasteiger partial charge in [-0.15, -0.1) is 0 Å². The second kappa shape index (κ2) is 5.24. The van der Waals surface area contributed by atoms with E-state index in [2.05, 4.69) is 0 Å². The van der Waals surface area contributed by atoms with Gasteiger partial charge in [0.2, 0.25) is 0 Å². The Morgan fingerprint density at radius 3 is 2.93 bits per heavy atom. The van der Waals surface area contributed by atoms with Crippen LogP contribution in [0.5, 0.6) is 11.5 Å². The molecule has 0 spiro atoms. The van der Waals surface area contributed by atoms with Gasteiger partial charge in [-0.25, -0.2) is 0 Å². The zero-order valence-electron chi connectivity index (χ0n) is 8.69. The minimum atomic E-state index is -0.325.